The van der Waals surface area contributed by atoms with Crippen LogP contribution in [0.15, 0.2) is 71.3 Å². The molecule has 0 amide bonds. The molecule has 1 aliphatic carbocycles. The van der Waals surface area contributed by atoms with Gasteiger partial charge in [-0.1, -0.05) is 56.3 Å². The van der Waals surface area contributed by atoms with Crippen LogP contribution in [0.3, 0.4) is 0 Å². The van der Waals surface area contributed by atoms with Crippen LogP contribution in [0.4, 0.5) is 0 Å². The fourth-order valence-electron chi connectivity index (χ4n) is 6.65. The molecule has 0 aliphatic heterocycles. The maximum Gasteiger partial charge on any atom is 0.221 e. The molecule has 2 aromatic heterocycles. The third-order valence-corrected chi connectivity index (χ3v) is 7.99. The van der Waals surface area contributed by atoms with Crippen LogP contribution >= 0.6 is 0 Å². The molecule has 33 heavy (non-hydrogen) atoms. The summed E-state index contributed by atoms with van der Waals surface area (Å²) in [5, 5.41) is 7.76. The topological polar surface area (TPSA) is 17.0 Å². The van der Waals surface area contributed by atoms with Crippen molar-refractivity contribution in [3.63, 3.8) is 0 Å². The highest BCUT2D eigenvalue weighted by Gasteiger charge is 2.42. The summed E-state index contributed by atoms with van der Waals surface area (Å²) in [5.41, 5.74) is 10.0. The van der Waals surface area contributed by atoms with E-state index in [1.54, 1.807) is 0 Å². The smallest absolute Gasteiger partial charge is 0.221 e. The highest BCUT2D eigenvalue weighted by Crippen LogP contribution is 2.54. The first-order valence-corrected chi connectivity index (χ1v) is 11.7. The Morgan fingerprint density at radius 1 is 0.727 bits per heavy atom. The molecule has 0 saturated heterocycles. The van der Waals surface area contributed by atoms with Crippen molar-refractivity contribution >= 4 is 43.5 Å². The minimum atomic E-state index is -0.181. The average Bonchev–Trinajstić information content (AvgIpc) is 3.18. The number of hydrogen-bond donors (Lipinski definition) is 0. The second-order valence-corrected chi connectivity index (χ2v) is 10.1. The Bertz CT molecular complexity index is 1820. The molecule has 1 aliphatic rings. The zero-order chi connectivity index (χ0) is 22.6. The number of nitrogens with zero attached hydrogens (tertiary/aromatic N) is 1. The van der Waals surface area contributed by atoms with Crippen LogP contribution in [0.1, 0.15) is 36.1 Å². The van der Waals surface area contributed by atoms with E-state index in [1.165, 1.54) is 65.8 Å². The van der Waals surface area contributed by atoms with E-state index in [9.17, 15) is 0 Å². The molecule has 160 valence electrons. The summed E-state index contributed by atoms with van der Waals surface area (Å²) < 4.78 is 8.71. The van der Waals surface area contributed by atoms with E-state index >= 15 is 0 Å². The Morgan fingerprint density at radius 3 is 2.15 bits per heavy atom. The first-order valence-electron chi connectivity index (χ1n) is 11.7. The van der Waals surface area contributed by atoms with Crippen molar-refractivity contribution in [3.8, 4) is 11.3 Å². The molecule has 0 fully saturated rings. The van der Waals surface area contributed by atoms with Crippen LogP contribution in [0.25, 0.3) is 54.7 Å². The Hall–Kier alpha value is -3.65. The van der Waals surface area contributed by atoms with Crippen molar-refractivity contribution in [2.45, 2.75) is 33.1 Å². The molecular weight excluding hydrogens is 402 g/mol. The van der Waals surface area contributed by atoms with E-state index in [1.807, 2.05) is 0 Å². The third kappa shape index (κ3) is 2.17. The maximum absolute atomic E-state index is 6.40. The van der Waals surface area contributed by atoms with E-state index in [0.29, 0.717) is 0 Å². The molecule has 2 heteroatoms. The zero-order valence-corrected chi connectivity index (χ0v) is 19.7. The molecule has 0 atom stereocenters. The molecule has 0 N–H and O–H groups in total. The van der Waals surface area contributed by atoms with E-state index in [4.69, 9.17) is 4.42 Å². The van der Waals surface area contributed by atoms with Crippen molar-refractivity contribution < 1.29 is 8.98 Å². The number of pyridine rings is 1. The van der Waals surface area contributed by atoms with Gasteiger partial charge < -0.3 is 4.42 Å². The zero-order valence-electron chi connectivity index (χ0n) is 19.7. The first-order chi connectivity index (χ1) is 15.9. The van der Waals surface area contributed by atoms with Gasteiger partial charge in [-0.15, -0.1) is 0 Å². The van der Waals surface area contributed by atoms with Crippen LogP contribution in [-0.2, 0) is 12.5 Å². The molecule has 0 spiro atoms. The second kappa shape index (κ2) is 6.02. The van der Waals surface area contributed by atoms with Gasteiger partial charge in [0.2, 0.25) is 5.69 Å². The molecule has 2 heterocycles. The monoisotopic (exact) mass is 428 g/mol. The van der Waals surface area contributed by atoms with Crippen molar-refractivity contribution in [1.29, 1.82) is 0 Å². The average molecular weight is 429 g/mol. The molecule has 0 radical (unpaired) electrons. The predicted molar refractivity (Wildman–Crippen MR) is 137 cm³/mol. The van der Waals surface area contributed by atoms with E-state index in [2.05, 4.69) is 106 Å². The fraction of sp³-hybridized carbons (Fsp3) is 0.194. The summed E-state index contributed by atoms with van der Waals surface area (Å²) in [5.74, 6) is 0. The van der Waals surface area contributed by atoms with Gasteiger partial charge in [0.05, 0.1) is 10.9 Å². The van der Waals surface area contributed by atoms with Gasteiger partial charge in [0.1, 0.15) is 18.2 Å². The van der Waals surface area contributed by atoms with E-state index < -0.39 is 0 Å². The molecular formula is C31H26NO+. The summed E-state index contributed by atoms with van der Waals surface area (Å²) in [6.07, 6.45) is 2.20. The minimum Gasteiger partial charge on any atom is -0.456 e. The van der Waals surface area contributed by atoms with Gasteiger partial charge in [0.15, 0.2) is 6.20 Å². The van der Waals surface area contributed by atoms with Gasteiger partial charge >= 0.3 is 0 Å². The maximum atomic E-state index is 6.40. The standard InChI is InChI=1S/C31H26NO/c1-17-20-10-6-7-11-21(20)18(2)28-25(17)30-26-19(14-15-32(30)5)16-24-27(29(26)31(28,3)4)22-12-8-9-13-23(22)33-24/h6-16H,1-5H3/q+1. The number of hydrogen-bond acceptors (Lipinski definition) is 1. The van der Waals surface area contributed by atoms with Crippen molar-refractivity contribution in [1.82, 2.24) is 0 Å². The predicted octanol–water partition coefficient (Wildman–Crippen LogP) is 7.64. The Labute approximate surface area is 193 Å². The number of aromatic nitrogens is 1. The SMILES string of the molecule is Cc1c2c(c(C)c3ccccc13)C(C)(C)c1c3c-2[n+](C)ccc3cc2oc3ccccc3c12. The highest BCUT2D eigenvalue weighted by atomic mass is 16.3. The van der Waals surface area contributed by atoms with Crippen LogP contribution < -0.4 is 4.57 Å². The molecule has 2 nitrogen and oxygen atoms in total. The summed E-state index contributed by atoms with van der Waals surface area (Å²) in [4.78, 5) is 0. The van der Waals surface area contributed by atoms with Crippen LogP contribution in [0, 0.1) is 13.8 Å². The quantitative estimate of drug-likeness (QED) is 0.227. The van der Waals surface area contributed by atoms with E-state index in [-0.39, 0.29) is 5.41 Å². The van der Waals surface area contributed by atoms with Gasteiger partial charge in [-0.3, -0.25) is 0 Å². The molecule has 0 saturated carbocycles. The van der Waals surface area contributed by atoms with Gasteiger partial charge in [-0.05, 0) is 64.4 Å². The minimum absolute atomic E-state index is 0.181. The summed E-state index contributed by atoms with van der Waals surface area (Å²) in [7, 11) is 2.18. The number of para-hydroxylation sites is 1. The Morgan fingerprint density at radius 2 is 1.39 bits per heavy atom. The van der Waals surface area contributed by atoms with Gasteiger partial charge in [-0.2, -0.15) is 0 Å². The number of rotatable bonds is 0. The number of aryl methyl sites for hydroxylation is 3. The van der Waals surface area contributed by atoms with E-state index in [0.717, 1.165) is 11.2 Å². The van der Waals surface area contributed by atoms with Crippen LogP contribution in [0.5, 0.6) is 0 Å². The normalized spacial score (nSPS) is 14.5. The van der Waals surface area contributed by atoms with Crippen LogP contribution in [0.2, 0.25) is 0 Å². The lowest BCUT2D eigenvalue weighted by Gasteiger charge is -2.37. The molecule has 0 bridgehead atoms. The van der Waals surface area contributed by atoms with Crippen LogP contribution in [-0.4, -0.2) is 0 Å². The van der Waals surface area contributed by atoms with Crippen molar-refractivity contribution in [3.05, 3.63) is 89.1 Å². The summed E-state index contributed by atoms with van der Waals surface area (Å²) in [6.45, 7) is 9.41. The molecule has 6 aromatic rings. The second-order valence-electron chi connectivity index (χ2n) is 10.1. The number of benzene rings is 4. The number of fused-ring (bicyclic) bond motifs is 7. The largest absolute Gasteiger partial charge is 0.456 e. The lowest BCUT2D eigenvalue weighted by molar-refractivity contribution is -0.659. The summed E-state index contributed by atoms with van der Waals surface area (Å²) >= 11 is 0. The Balaban J connectivity index is 1.83. The van der Waals surface area contributed by atoms with Crippen molar-refractivity contribution in [2.24, 2.45) is 7.05 Å². The highest BCUT2D eigenvalue weighted by molar-refractivity contribution is 6.18. The first kappa shape index (κ1) is 18.9. The molecule has 4 aromatic carbocycles. The van der Waals surface area contributed by atoms with Crippen molar-refractivity contribution in [2.75, 3.05) is 0 Å². The third-order valence-electron chi connectivity index (χ3n) is 7.99. The fourth-order valence-corrected chi connectivity index (χ4v) is 6.65. The molecule has 0 unspecified atom stereocenters. The van der Waals surface area contributed by atoms with Gasteiger partial charge in [-0.25, -0.2) is 4.57 Å². The molecule has 7 rings (SSSR count). The summed E-state index contributed by atoms with van der Waals surface area (Å²) in [6, 6.07) is 21.8. The number of furan rings is 1. The lowest BCUT2D eigenvalue weighted by Crippen LogP contribution is -2.36. The van der Waals surface area contributed by atoms with Gasteiger partial charge in [0.25, 0.3) is 0 Å². The lowest BCUT2D eigenvalue weighted by atomic mass is 9.65. The van der Waals surface area contributed by atoms with Gasteiger partial charge in [0, 0.05) is 22.3 Å². The Kier molecular flexibility index (Phi) is 3.44.